The molecule has 0 saturated heterocycles. The zero-order valence-electron chi connectivity index (χ0n) is 12.2. The number of aromatic nitrogens is 2. The molecule has 0 fully saturated rings. The topological polar surface area (TPSA) is 68.9 Å². The quantitative estimate of drug-likeness (QED) is 0.448. The van der Waals surface area contributed by atoms with E-state index in [9.17, 15) is 10.0 Å². The number of nitrogens with one attached hydrogen (secondary N) is 1. The molecule has 0 aliphatic carbocycles. The molecule has 1 amide bonds. The van der Waals surface area contributed by atoms with Crippen molar-refractivity contribution in [1.29, 1.82) is 0 Å². The summed E-state index contributed by atoms with van der Waals surface area (Å²) in [7, 11) is 0. The number of carbonyl (C=O) groups is 1. The Balaban J connectivity index is 1.73. The first-order valence-electron chi connectivity index (χ1n) is 6.76. The Morgan fingerprint density at radius 2 is 1.91 bits per heavy atom. The second-order valence-electron chi connectivity index (χ2n) is 4.67. The van der Waals surface area contributed by atoms with Gasteiger partial charge in [-0.05, 0) is 18.4 Å². The average Bonchev–Trinajstić information content (AvgIpc) is 3.04. The van der Waals surface area contributed by atoms with Crippen LogP contribution >= 0.6 is 23.1 Å². The SMILES string of the molecule is CSc1ccc(-c2csc(NC(=O)c3cc[n+]([O-])cc3)n2)cc1. The third-order valence-electron chi connectivity index (χ3n) is 3.17. The van der Waals surface area contributed by atoms with Gasteiger partial charge in [0.25, 0.3) is 5.91 Å². The van der Waals surface area contributed by atoms with Crippen LogP contribution < -0.4 is 10.0 Å². The van der Waals surface area contributed by atoms with E-state index in [0.29, 0.717) is 15.4 Å². The van der Waals surface area contributed by atoms with Crippen LogP contribution in [0.4, 0.5) is 5.13 Å². The van der Waals surface area contributed by atoms with Gasteiger partial charge in [0.1, 0.15) is 0 Å². The fraction of sp³-hybridized carbons (Fsp3) is 0.0625. The van der Waals surface area contributed by atoms with Crippen LogP contribution in [0.15, 0.2) is 59.1 Å². The lowest BCUT2D eigenvalue weighted by Crippen LogP contribution is -2.25. The molecule has 1 aromatic carbocycles. The summed E-state index contributed by atoms with van der Waals surface area (Å²) < 4.78 is 0.635. The van der Waals surface area contributed by atoms with Gasteiger partial charge in [0.2, 0.25) is 0 Å². The highest BCUT2D eigenvalue weighted by atomic mass is 32.2. The molecule has 0 saturated carbocycles. The summed E-state index contributed by atoms with van der Waals surface area (Å²) in [4.78, 5) is 17.7. The maximum Gasteiger partial charge on any atom is 0.257 e. The number of nitrogens with zero attached hydrogens (tertiary/aromatic N) is 2. The Kier molecular flexibility index (Phi) is 4.59. The summed E-state index contributed by atoms with van der Waals surface area (Å²) in [6.45, 7) is 0. The second-order valence-corrected chi connectivity index (χ2v) is 6.40. The van der Waals surface area contributed by atoms with Crippen LogP contribution in [-0.2, 0) is 0 Å². The van der Waals surface area contributed by atoms with Gasteiger partial charge in [0.05, 0.1) is 11.3 Å². The standard InChI is InChI=1S/C16H13N3O2S2/c1-22-13-4-2-11(3-5-13)14-10-23-16(17-14)18-15(20)12-6-8-19(21)9-7-12/h2-10H,1H3,(H,17,18,20). The van der Waals surface area contributed by atoms with Crippen molar-refractivity contribution in [2.75, 3.05) is 11.6 Å². The lowest BCUT2D eigenvalue weighted by Gasteiger charge is -2.01. The summed E-state index contributed by atoms with van der Waals surface area (Å²) in [6, 6.07) is 11.0. The molecule has 3 rings (SSSR count). The number of thiazole rings is 1. The van der Waals surface area contributed by atoms with E-state index >= 15 is 0 Å². The molecule has 2 aromatic heterocycles. The van der Waals surface area contributed by atoms with Gasteiger partial charge < -0.3 is 5.21 Å². The molecule has 3 aromatic rings. The number of benzene rings is 1. The highest BCUT2D eigenvalue weighted by Crippen LogP contribution is 2.26. The largest absolute Gasteiger partial charge is 0.619 e. The minimum atomic E-state index is -0.288. The molecule has 0 radical (unpaired) electrons. The third kappa shape index (κ3) is 3.69. The van der Waals surface area contributed by atoms with Gasteiger partial charge in [-0.15, -0.1) is 23.1 Å². The number of hydrogen-bond acceptors (Lipinski definition) is 5. The summed E-state index contributed by atoms with van der Waals surface area (Å²) in [5, 5.41) is 16.2. The molecule has 0 atom stereocenters. The molecule has 1 N–H and O–H groups in total. The molecular weight excluding hydrogens is 330 g/mol. The summed E-state index contributed by atoms with van der Waals surface area (Å²) in [5.41, 5.74) is 2.24. The number of pyridine rings is 1. The molecule has 23 heavy (non-hydrogen) atoms. The van der Waals surface area contributed by atoms with E-state index in [2.05, 4.69) is 10.3 Å². The van der Waals surface area contributed by atoms with E-state index in [0.717, 1.165) is 11.3 Å². The van der Waals surface area contributed by atoms with E-state index in [4.69, 9.17) is 0 Å². The lowest BCUT2D eigenvalue weighted by atomic mass is 10.2. The van der Waals surface area contributed by atoms with E-state index in [1.807, 2.05) is 35.9 Å². The molecule has 0 unspecified atom stereocenters. The first-order valence-corrected chi connectivity index (χ1v) is 8.86. The Morgan fingerprint density at radius 3 is 2.57 bits per heavy atom. The van der Waals surface area contributed by atoms with E-state index in [1.165, 1.54) is 40.8 Å². The normalized spacial score (nSPS) is 10.5. The highest BCUT2D eigenvalue weighted by Gasteiger charge is 2.11. The molecule has 5 nitrogen and oxygen atoms in total. The smallest absolute Gasteiger partial charge is 0.257 e. The van der Waals surface area contributed by atoms with E-state index in [-0.39, 0.29) is 5.91 Å². The van der Waals surface area contributed by atoms with Crippen LogP contribution in [0.25, 0.3) is 11.3 Å². The van der Waals surface area contributed by atoms with Crippen molar-refractivity contribution in [2.45, 2.75) is 4.90 Å². The van der Waals surface area contributed by atoms with Crippen molar-refractivity contribution in [1.82, 2.24) is 4.98 Å². The van der Waals surface area contributed by atoms with Crippen LogP contribution in [0.2, 0.25) is 0 Å². The number of rotatable bonds is 4. The van der Waals surface area contributed by atoms with Crippen LogP contribution in [0.1, 0.15) is 10.4 Å². The number of carbonyl (C=O) groups excluding carboxylic acids is 1. The molecule has 116 valence electrons. The predicted molar refractivity (Wildman–Crippen MR) is 92.7 cm³/mol. The maximum absolute atomic E-state index is 12.1. The minimum absolute atomic E-state index is 0.288. The third-order valence-corrected chi connectivity index (χ3v) is 4.68. The predicted octanol–water partition coefficient (Wildman–Crippen LogP) is 3.42. The molecule has 0 bridgehead atoms. The van der Waals surface area contributed by atoms with Crippen molar-refractivity contribution in [3.05, 3.63) is 64.9 Å². The van der Waals surface area contributed by atoms with Crippen molar-refractivity contribution < 1.29 is 9.52 Å². The molecule has 2 heterocycles. The maximum atomic E-state index is 12.1. The van der Waals surface area contributed by atoms with Gasteiger partial charge in [-0.2, -0.15) is 4.73 Å². The van der Waals surface area contributed by atoms with Crippen molar-refractivity contribution in [3.63, 3.8) is 0 Å². The molecule has 0 spiro atoms. The van der Waals surface area contributed by atoms with E-state index < -0.39 is 0 Å². The van der Waals surface area contributed by atoms with Gasteiger partial charge in [-0.1, -0.05) is 12.1 Å². The number of amides is 1. The molecule has 0 aliphatic heterocycles. The number of anilines is 1. The summed E-state index contributed by atoms with van der Waals surface area (Å²) >= 11 is 3.05. The van der Waals surface area contributed by atoms with Crippen LogP contribution in [-0.4, -0.2) is 17.1 Å². The van der Waals surface area contributed by atoms with Gasteiger partial charge in [0.15, 0.2) is 17.5 Å². The fourth-order valence-corrected chi connectivity index (χ4v) is 3.08. The molecule has 7 heteroatoms. The van der Waals surface area contributed by atoms with Gasteiger partial charge in [-0.3, -0.25) is 10.1 Å². The Morgan fingerprint density at radius 1 is 1.22 bits per heavy atom. The monoisotopic (exact) mass is 343 g/mol. The van der Waals surface area contributed by atoms with Gasteiger partial charge in [-0.25, -0.2) is 4.98 Å². The van der Waals surface area contributed by atoms with Crippen molar-refractivity contribution in [2.24, 2.45) is 0 Å². The highest BCUT2D eigenvalue weighted by molar-refractivity contribution is 7.98. The lowest BCUT2D eigenvalue weighted by molar-refractivity contribution is -0.605. The first kappa shape index (κ1) is 15.5. The Hall–Kier alpha value is -2.38. The van der Waals surface area contributed by atoms with Crippen LogP contribution in [0.3, 0.4) is 0 Å². The second kappa shape index (κ2) is 6.80. The number of hydrogen-bond donors (Lipinski definition) is 1. The summed E-state index contributed by atoms with van der Waals surface area (Å²) in [6.07, 6.45) is 4.61. The van der Waals surface area contributed by atoms with Crippen molar-refractivity contribution >= 4 is 34.1 Å². The molecular formula is C16H13N3O2S2. The van der Waals surface area contributed by atoms with Crippen molar-refractivity contribution in [3.8, 4) is 11.3 Å². The Bertz CT molecular complexity index is 814. The van der Waals surface area contributed by atoms with Crippen LogP contribution in [0, 0.1) is 5.21 Å². The molecule has 0 aliphatic rings. The average molecular weight is 343 g/mol. The van der Waals surface area contributed by atoms with Gasteiger partial charge >= 0.3 is 0 Å². The zero-order valence-corrected chi connectivity index (χ0v) is 13.9. The van der Waals surface area contributed by atoms with Gasteiger partial charge in [0, 0.05) is 28.0 Å². The van der Waals surface area contributed by atoms with E-state index in [1.54, 1.807) is 11.8 Å². The minimum Gasteiger partial charge on any atom is -0.619 e. The Labute approximate surface area is 141 Å². The zero-order chi connectivity index (χ0) is 16.2. The number of thioether (sulfide) groups is 1. The first-order chi connectivity index (χ1) is 11.2. The fourth-order valence-electron chi connectivity index (χ4n) is 1.96. The summed E-state index contributed by atoms with van der Waals surface area (Å²) in [5.74, 6) is -0.288. The van der Waals surface area contributed by atoms with Crippen LogP contribution in [0.5, 0.6) is 0 Å².